The molecule has 3 N–H and O–H groups in total. The van der Waals surface area contributed by atoms with Gasteiger partial charge in [0.25, 0.3) is 0 Å². The highest BCUT2D eigenvalue weighted by Crippen LogP contribution is 2.31. The van der Waals surface area contributed by atoms with E-state index < -0.39 is 0 Å². The van der Waals surface area contributed by atoms with Crippen LogP contribution in [0.2, 0.25) is 0 Å². The van der Waals surface area contributed by atoms with Crippen molar-refractivity contribution in [2.24, 2.45) is 17.8 Å². The topological polar surface area (TPSA) is 77.5 Å². The fourth-order valence-corrected chi connectivity index (χ4v) is 2.44. The van der Waals surface area contributed by atoms with E-state index in [9.17, 15) is 0 Å². The van der Waals surface area contributed by atoms with Crippen molar-refractivity contribution in [3.05, 3.63) is 47.8 Å². The van der Waals surface area contributed by atoms with Gasteiger partial charge >= 0.3 is 0 Å². The number of para-hydroxylation sites is 1. The molecule has 118 valence electrons. The molecule has 0 bridgehead atoms. The summed E-state index contributed by atoms with van der Waals surface area (Å²) in [6.07, 6.45) is 2.63. The summed E-state index contributed by atoms with van der Waals surface area (Å²) in [6.45, 7) is 1.20. The van der Waals surface area contributed by atoms with Gasteiger partial charge in [-0.1, -0.05) is 18.2 Å². The molecule has 7 heteroatoms. The van der Waals surface area contributed by atoms with E-state index in [1.54, 1.807) is 10.9 Å². The third kappa shape index (κ3) is 3.70. The summed E-state index contributed by atoms with van der Waals surface area (Å²) in [5, 5.41) is 7.38. The van der Waals surface area contributed by atoms with Crippen molar-refractivity contribution in [1.29, 1.82) is 0 Å². The third-order valence-corrected chi connectivity index (χ3v) is 3.61. The molecular weight excluding hydrogens is 393 g/mol. The molecule has 0 fully saturated rings. The Hall–Kier alpha value is -1.77. The molecule has 3 rings (SSSR count). The first-order chi connectivity index (χ1) is 10.2. The van der Waals surface area contributed by atoms with Crippen LogP contribution < -0.4 is 15.8 Å². The van der Waals surface area contributed by atoms with Crippen molar-refractivity contribution < 1.29 is 4.74 Å². The number of hydrogen-bond donors (Lipinski definition) is 2. The highest BCUT2D eigenvalue weighted by molar-refractivity contribution is 14.0. The van der Waals surface area contributed by atoms with Crippen LogP contribution in [0.15, 0.2) is 41.5 Å². The number of nitrogens with zero attached hydrogens (tertiary/aromatic N) is 3. The van der Waals surface area contributed by atoms with Crippen molar-refractivity contribution in [2.45, 2.75) is 19.0 Å². The Bertz CT molecular complexity index is 655. The highest BCUT2D eigenvalue weighted by Gasteiger charge is 2.21. The number of aliphatic imine (C=N–C) groups is 1. The molecule has 0 aliphatic carbocycles. The molecule has 0 amide bonds. The lowest BCUT2D eigenvalue weighted by atomic mass is 10.0. The minimum absolute atomic E-state index is 0. The van der Waals surface area contributed by atoms with Gasteiger partial charge in [0.15, 0.2) is 5.96 Å². The summed E-state index contributed by atoms with van der Waals surface area (Å²) in [6, 6.07) is 10.1. The average Bonchev–Trinajstić information content (AvgIpc) is 2.91. The molecule has 0 saturated heterocycles. The first-order valence-electron chi connectivity index (χ1n) is 6.99. The number of aryl methyl sites for hydroxylation is 1. The van der Waals surface area contributed by atoms with Gasteiger partial charge in [-0.05, 0) is 12.1 Å². The second kappa shape index (κ2) is 7.48. The van der Waals surface area contributed by atoms with E-state index in [2.05, 4.69) is 21.5 Å². The molecule has 2 heterocycles. The average molecular weight is 413 g/mol. The van der Waals surface area contributed by atoms with Gasteiger partial charge in [0.05, 0.1) is 24.9 Å². The molecular formula is C15H20IN5O. The normalized spacial score (nSPS) is 17.1. The fraction of sp³-hybridized carbons (Fsp3) is 0.333. The lowest BCUT2D eigenvalue weighted by molar-refractivity contribution is 0.262. The Morgan fingerprint density at radius 2 is 2.27 bits per heavy atom. The number of halogens is 1. The molecule has 1 aromatic heterocycles. The standard InChI is InChI=1S/C15H19N5O.HI/c1-20-11(6-8-18-20)10-17-15(16)19-13-7-9-21-14-5-3-2-4-12(13)14;/h2-6,8,13H,7,9-10H2,1H3,(H3,16,17,19);1H. The smallest absolute Gasteiger partial charge is 0.189 e. The lowest BCUT2D eigenvalue weighted by Crippen LogP contribution is -2.37. The van der Waals surface area contributed by atoms with Crippen LogP contribution in [0.25, 0.3) is 0 Å². The predicted molar refractivity (Wildman–Crippen MR) is 96.4 cm³/mol. The number of rotatable bonds is 3. The van der Waals surface area contributed by atoms with Crippen LogP contribution >= 0.6 is 24.0 Å². The van der Waals surface area contributed by atoms with Gasteiger partial charge in [-0.15, -0.1) is 24.0 Å². The summed E-state index contributed by atoms with van der Waals surface area (Å²) < 4.78 is 7.43. The van der Waals surface area contributed by atoms with Crippen LogP contribution in [0.3, 0.4) is 0 Å². The summed E-state index contributed by atoms with van der Waals surface area (Å²) >= 11 is 0. The largest absolute Gasteiger partial charge is 0.493 e. The third-order valence-electron chi connectivity index (χ3n) is 3.61. The summed E-state index contributed by atoms with van der Waals surface area (Å²) in [4.78, 5) is 4.38. The molecule has 1 aliphatic rings. The molecule has 1 atom stereocenters. The summed E-state index contributed by atoms with van der Waals surface area (Å²) in [5.74, 6) is 1.36. The SMILES string of the molecule is Cn1nccc1CN=C(N)NC1CCOc2ccccc21.I. The van der Waals surface area contributed by atoms with Gasteiger partial charge in [-0.3, -0.25) is 4.68 Å². The predicted octanol–water partition coefficient (Wildman–Crippen LogP) is 1.97. The minimum Gasteiger partial charge on any atom is -0.493 e. The molecule has 22 heavy (non-hydrogen) atoms. The Morgan fingerprint density at radius 1 is 1.45 bits per heavy atom. The first-order valence-corrected chi connectivity index (χ1v) is 6.99. The van der Waals surface area contributed by atoms with Crippen molar-refractivity contribution >= 4 is 29.9 Å². The number of aromatic nitrogens is 2. The van der Waals surface area contributed by atoms with Crippen molar-refractivity contribution in [3.63, 3.8) is 0 Å². The van der Waals surface area contributed by atoms with Crippen LogP contribution in [0.1, 0.15) is 23.7 Å². The molecule has 2 aromatic rings. The second-order valence-corrected chi connectivity index (χ2v) is 5.02. The Balaban J connectivity index is 0.00000176. The second-order valence-electron chi connectivity index (χ2n) is 5.02. The van der Waals surface area contributed by atoms with E-state index in [4.69, 9.17) is 10.5 Å². The van der Waals surface area contributed by atoms with Crippen LogP contribution in [0, 0.1) is 0 Å². The maximum Gasteiger partial charge on any atom is 0.189 e. The number of fused-ring (bicyclic) bond motifs is 1. The molecule has 0 spiro atoms. The van der Waals surface area contributed by atoms with Gasteiger partial charge in [0.2, 0.25) is 0 Å². The van der Waals surface area contributed by atoms with Crippen LogP contribution in [-0.4, -0.2) is 22.3 Å². The van der Waals surface area contributed by atoms with E-state index in [1.807, 2.05) is 31.3 Å². The molecule has 0 radical (unpaired) electrons. The van der Waals surface area contributed by atoms with Crippen LogP contribution in [0.4, 0.5) is 0 Å². The highest BCUT2D eigenvalue weighted by atomic mass is 127. The maximum atomic E-state index is 6.00. The number of ether oxygens (including phenoxy) is 1. The van der Waals surface area contributed by atoms with Gasteiger partial charge < -0.3 is 15.8 Å². The zero-order chi connectivity index (χ0) is 14.7. The first kappa shape index (κ1) is 16.6. The van der Waals surface area contributed by atoms with Gasteiger partial charge in [0, 0.05) is 25.2 Å². The monoisotopic (exact) mass is 413 g/mol. The molecule has 6 nitrogen and oxygen atoms in total. The summed E-state index contributed by atoms with van der Waals surface area (Å²) in [7, 11) is 1.89. The van der Waals surface area contributed by atoms with Gasteiger partial charge in [-0.2, -0.15) is 5.10 Å². The Morgan fingerprint density at radius 3 is 3.05 bits per heavy atom. The molecule has 0 saturated carbocycles. The Labute approximate surface area is 146 Å². The van der Waals surface area contributed by atoms with E-state index in [-0.39, 0.29) is 30.0 Å². The fourth-order valence-electron chi connectivity index (χ4n) is 2.44. The molecule has 1 unspecified atom stereocenters. The van der Waals surface area contributed by atoms with Gasteiger partial charge in [0.1, 0.15) is 5.75 Å². The minimum atomic E-state index is 0. The van der Waals surface area contributed by atoms with E-state index >= 15 is 0 Å². The van der Waals surface area contributed by atoms with Crippen molar-refractivity contribution in [3.8, 4) is 5.75 Å². The number of guanidine groups is 1. The molecule has 1 aliphatic heterocycles. The summed E-state index contributed by atoms with van der Waals surface area (Å²) in [5.41, 5.74) is 8.14. The van der Waals surface area contributed by atoms with E-state index in [1.165, 1.54) is 0 Å². The number of nitrogens with one attached hydrogen (secondary N) is 1. The maximum absolute atomic E-state index is 6.00. The zero-order valence-electron chi connectivity index (χ0n) is 12.4. The van der Waals surface area contributed by atoms with E-state index in [0.29, 0.717) is 19.1 Å². The lowest BCUT2D eigenvalue weighted by Gasteiger charge is -2.26. The van der Waals surface area contributed by atoms with Crippen molar-refractivity contribution in [2.75, 3.05) is 6.61 Å². The van der Waals surface area contributed by atoms with Gasteiger partial charge in [-0.25, -0.2) is 4.99 Å². The number of benzene rings is 1. The van der Waals surface area contributed by atoms with Crippen LogP contribution in [0.5, 0.6) is 5.75 Å². The number of hydrogen-bond acceptors (Lipinski definition) is 3. The van der Waals surface area contributed by atoms with E-state index in [0.717, 1.165) is 23.4 Å². The molecule has 1 aromatic carbocycles. The van der Waals surface area contributed by atoms with Crippen LogP contribution in [-0.2, 0) is 13.6 Å². The Kier molecular flexibility index (Phi) is 5.64. The zero-order valence-corrected chi connectivity index (χ0v) is 14.7. The number of nitrogens with two attached hydrogens (primary N) is 1. The quantitative estimate of drug-likeness (QED) is 0.458. The van der Waals surface area contributed by atoms with Crippen molar-refractivity contribution in [1.82, 2.24) is 15.1 Å².